The fourth-order valence-corrected chi connectivity index (χ4v) is 3.87. The average molecular weight is 351 g/mol. The van der Waals surface area contributed by atoms with Gasteiger partial charge in [-0.05, 0) is 36.7 Å². The summed E-state index contributed by atoms with van der Waals surface area (Å²) in [6.45, 7) is 4.92. The molecule has 0 aliphatic carbocycles. The number of ether oxygens (including phenoxy) is 1. The van der Waals surface area contributed by atoms with Gasteiger partial charge in [-0.15, -0.1) is 0 Å². The molecule has 7 heteroatoms. The first-order chi connectivity index (χ1) is 12.8. The molecule has 2 aromatic rings. The number of carbonyl (C=O) groups excluding carboxylic acids is 1. The van der Waals surface area contributed by atoms with Gasteiger partial charge in [0.25, 0.3) is 0 Å². The Bertz CT molecular complexity index is 876. The smallest absolute Gasteiger partial charge is 0.228 e. The van der Waals surface area contributed by atoms with Gasteiger partial charge in [-0.2, -0.15) is 0 Å². The van der Waals surface area contributed by atoms with Crippen molar-refractivity contribution in [3.05, 3.63) is 35.0 Å². The second kappa shape index (κ2) is 6.34. The molecule has 1 fully saturated rings. The minimum Gasteiger partial charge on any atom is -0.378 e. The lowest BCUT2D eigenvalue weighted by Gasteiger charge is -2.31. The van der Waals surface area contributed by atoms with Gasteiger partial charge in [0.15, 0.2) is 5.82 Å². The highest BCUT2D eigenvalue weighted by Gasteiger charge is 2.24. The van der Waals surface area contributed by atoms with Crippen molar-refractivity contribution in [3.63, 3.8) is 0 Å². The van der Waals surface area contributed by atoms with Crippen LogP contribution in [0.2, 0.25) is 0 Å². The van der Waals surface area contributed by atoms with Gasteiger partial charge >= 0.3 is 0 Å². The van der Waals surface area contributed by atoms with E-state index in [0.29, 0.717) is 6.42 Å². The highest BCUT2D eigenvalue weighted by molar-refractivity contribution is 5.99. The Morgan fingerprint density at radius 1 is 1.15 bits per heavy atom. The van der Waals surface area contributed by atoms with Crippen LogP contribution in [0, 0.1) is 0 Å². The van der Waals surface area contributed by atoms with Crippen LogP contribution in [0.4, 0.5) is 11.5 Å². The molecule has 4 heterocycles. The van der Waals surface area contributed by atoms with Crippen LogP contribution in [-0.2, 0) is 28.9 Å². The van der Waals surface area contributed by atoms with Crippen LogP contribution in [0.3, 0.4) is 0 Å². The van der Waals surface area contributed by atoms with E-state index in [4.69, 9.17) is 14.7 Å². The number of rotatable bonds is 2. The predicted octanol–water partition coefficient (Wildman–Crippen LogP) is 1.12. The Morgan fingerprint density at radius 2 is 2.04 bits per heavy atom. The van der Waals surface area contributed by atoms with E-state index in [1.165, 1.54) is 5.56 Å². The molecule has 2 N–H and O–H groups in total. The molecule has 5 rings (SSSR count). The van der Waals surface area contributed by atoms with E-state index >= 15 is 0 Å². The van der Waals surface area contributed by atoms with Gasteiger partial charge in [-0.3, -0.25) is 4.79 Å². The Morgan fingerprint density at radius 3 is 2.92 bits per heavy atom. The third-order valence-corrected chi connectivity index (χ3v) is 5.21. The van der Waals surface area contributed by atoms with Crippen LogP contribution in [0.5, 0.6) is 0 Å². The van der Waals surface area contributed by atoms with E-state index in [2.05, 4.69) is 15.5 Å². The van der Waals surface area contributed by atoms with E-state index in [-0.39, 0.29) is 5.91 Å². The molecule has 0 atom stereocenters. The molecule has 1 aromatic carbocycles. The molecular weight excluding hydrogens is 330 g/mol. The quantitative estimate of drug-likeness (QED) is 0.844. The first-order valence-electron chi connectivity index (χ1n) is 9.14. The fourth-order valence-electron chi connectivity index (χ4n) is 3.87. The molecule has 0 saturated carbocycles. The Balaban J connectivity index is 1.59. The molecule has 7 nitrogen and oxygen atoms in total. The number of carbonyl (C=O) groups is 1. The lowest BCUT2D eigenvalue weighted by molar-refractivity contribution is -0.115. The number of anilines is 2. The summed E-state index contributed by atoms with van der Waals surface area (Å²) >= 11 is 0. The number of nitrogens with one attached hydrogen (secondary N) is 2. The van der Waals surface area contributed by atoms with Crippen molar-refractivity contribution in [2.75, 3.05) is 43.1 Å². The maximum absolute atomic E-state index is 11.6. The number of benzene rings is 1. The number of amides is 1. The predicted molar refractivity (Wildman–Crippen MR) is 98.2 cm³/mol. The Hall–Kier alpha value is -2.51. The van der Waals surface area contributed by atoms with Crippen LogP contribution >= 0.6 is 0 Å². The summed E-state index contributed by atoms with van der Waals surface area (Å²) in [5.41, 5.74) is 5.21. The second-order valence-corrected chi connectivity index (χ2v) is 6.92. The van der Waals surface area contributed by atoms with Crippen LogP contribution < -0.4 is 15.5 Å². The van der Waals surface area contributed by atoms with Crippen molar-refractivity contribution >= 4 is 17.4 Å². The van der Waals surface area contributed by atoms with Gasteiger partial charge in [0.05, 0.1) is 25.3 Å². The van der Waals surface area contributed by atoms with Gasteiger partial charge < -0.3 is 20.3 Å². The van der Waals surface area contributed by atoms with E-state index in [1.54, 1.807) is 0 Å². The summed E-state index contributed by atoms with van der Waals surface area (Å²) in [6.07, 6.45) is 1.37. The Kier molecular flexibility index (Phi) is 3.83. The minimum absolute atomic E-state index is 0.0433. The summed E-state index contributed by atoms with van der Waals surface area (Å²) in [6, 6.07) is 5.98. The summed E-state index contributed by atoms with van der Waals surface area (Å²) in [4.78, 5) is 23.7. The maximum Gasteiger partial charge on any atom is 0.228 e. The molecule has 1 saturated heterocycles. The van der Waals surface area contributed by atoms with Crippen molar-refractivity contribution in [2.24, 2.45) is 0 Å². The monoisotopic (exact) mass is 351 g/mol. The van der Waals surface area contributed by atoms with Gasteiger partial charge in [0.2, 0.25) is 5.91 Å². The first-order valence-corrected chi connectivity index (χ1v) is 9.14. The molecule has 3 aliphatic heterocycles. The molecule has 1 amide bonds. The zero-order valence-corrected chi connectivity index (χ0v) is 14.5. The van der Waals surface area contributed by atoms with Crippen LogP contribution in [0.15, 0.2) is 18.2 Å². The standard InChI is InChI=1S/C19H21N5O2/c25-17-10-13-9-12(1-2-15(13)21-17)18-22-16-11-20-4-3-14(16)19(23-18)24-5-7-26-8-6-24/h1-2,9,20H,3-8,10-11H2,(H,21,25). The van der Waals surface area contributed by atoms with E-state index < -0.39 is 0 Å². The number of morpholine rings is 1. The number of hydrogen-bond acceptors (Lipinski definition) is 6. The second-order valence-electron chi connectivity index (χ2n) is 6.92. The van der Waals surface area contributed by atoms with Crippen molar-refractivity contribution < 1.29 is 9.53 Å². The normalized spacial score (nSPS) is 19.1. The lowest BCUT2D eigenvalue weighted by atomic mass is 10.0. The number of hydrogen-bond donors (Lipinski definition) is 2. The summed E-state index contributed by atoms with van der Waals surface area (Å²) < 4.78 is 5.50. The SMILES string of the molecule is O=C1Cc2cc(-c3nc4c(c(N5CCOCC5)n3)CCNC4)ccc2N1. The van der Waals surface area contributed by atoms with Crippen LogP contribution in [-0.4, -0.2) is 48.7 Å². The molecule has 26 heavy (non-hydrogen) atoms. The molecule has 134 valence electrons. The van der Waals surface area contributed by atoms with Crippen LogP contribution in [0.25, 0.3) is 11.4 Å². The summed E-state index contributed by atoms with van der Waals surface area (Å²) in [5.74, 6) is 1.82. The topological polar surface area (TPSA) is 79.4 Å². The minimum atomic E-state index is 0.0433. The molecule has 3 aliphatic rings. The lowest BCUT2D eigenvalue weighted by Crippen LogP contribution is -2.39. The van der Waals surface area contributed by atoms with E-state index in [1.807, 2.05) is 18.2 Å². The molecule has 1 aromatic heterocycles. The first kappa shape index (κ1) is 15.7. The van der Waals surface area contributed by atoms with Crippen molar-refractivity contribution in [2.45, 2.75) is 19.4 Å². The number of fused-ring (bicyclic) bond motifs is 2. The van der Waals surface area contributed by atoms with Crippen molar-refractivity contribution in [3.8, 4) is 11.4 Å². The third-order valence-electron chi connectivity index (χ3n) is 5.21. The molecule has 0 spiro atoms. The zero-order valence-electron chi connectivity index (χ0n) is 14.5. The van der Waals surface area contributed by atoms with E-state index in [0.717, 1.165) is 80.0 Å². The average Bonchev–Trinajstić information content (AvgIpc) is 3.07. The molecule has 0 bridgehead atoms. The van der Waals surface area contributed by atoms with E-state index in [9.17, 15) is 4.79 Å². The van der Waals surface area contributed by atoms with Gasteiger partial charge in [0.1, 0.15) is 5.82 Å². The number of nitrogens with zero attached hydrogens (tertiary/aromatic N) is 3. The highest BCUT2D eigenvalue weighted by Crippen LogP contribution is 2.31. The molecule has 0 unspecified atom stereocenters. The van der Waals surface area contributed by atoms with Crippen molar-refractivity contribution in [1.29, 1.82) is 0 Å². The van der Waals surface area contributed by atoms with Gasteiger partial charge in [-0.1, -0.05) is 0 Å². The van der Waals surface area contributed by atoms with Crippen LogP contribution in [0.1, 0.15) is 16.8 Å². The zero-order chi connectivity index (χ0) is 17.5. The maximum atomic E-state index is 11.6. The van der Waals surface area contributed by atoms with Gasteiger partial charge in [-0.25, -0.2) is 9.97 Å². The number of aromatic nitrogens is 2. The Labute approximate surface area is 151 Å². The van der Waals surface area contributed by atoms with Gasteiger partial charge in [0, 0.05) is 36.4 Å². The largest absolute Gasteiger partial charge is 0.378 e. The third kappa shape index (κ3) is 2.73. The van der Waals surface area contributed by atoms with Crippen molar-refractivity contribution in [1.82, 2.24) is 15.3 Å². The molecule has 0 radical (unpaired) electrons. The summed E-state index contributed by atoms with van der Waals surface area (Å²) in [5, 5.41) is 6.29. The summed E-state index contributed by atoms with van der Waals surface area (Å²) in [7, 11) is 0. The fraction of sp³-hybridized carbons (Fsp3) is 0.421. The molecular formula is C19H21N5O2. The highest BCUT2D eigenvalue weighted by atomic mass is 16.5.